The standard InChI is InChI=1S/C10H9ClN2/c1-7(6-12)10(13)8-2-4-9(11)5-3-8/h2-5H,13H2,1H3/b10-7+. The maximum atomic E-state index is 8.61. The van der Waals surface area contributed by atoms with Gasteiger partial charge in [0.2, 0.25) is 0 Å². The van der Waals surface area contributed by atoms with Crippen molar-refractivity contribution >= 4 is 17.3 Å². The second-order valence-electron chi connectivity index (χ2n) is 2.66. The molecule has 0 aromatic heterocycles. The molecule has 0 saturated heterocycles. The van der Waals surface area contributed by atoms with Crippen molar-refractivity contribution in [2.75, 3.05) is 0 Å². The van der Waals surface area contributed by atoms with Crippen molar-refractivity contribution < 1.29 is 0 Å². The fourth-order valence-corrected chi connectivity index (χ4v) is 1.03. The van der Waals surface area contributed by atoms with Gasteiger partial charge in [-0.15, -0.1) is 0 Å². The van der Waals surface area contributed by atoms with Gasteiger partial charge in [0.25, 0.3) is 0 Å². The van der Waals surface area contributed by atoms with Gasteiger partial charge in [0.15, 0.2) is 0 Å². The topological polar surface area (TPSA) is 49.8 Å². The summed E-state index contributed by atoms with van der Waals surface area (Å²) >= 11 is 5.71. The molecule has 0 unspecified atom stereocenters. The Morgan fingerprint density at radius 1 is 1.38 bits per heavy atom. The Morgan fingerprint density at radius 3 is 2.38 bits per heavy atom. The SMILES string of the molecule is C/C(C#N)=C(\N)c1ccc(Cl)cc1. The third kappa shape index (κ3) is 2.24. The summed E-state index contributed by atoms with van der Waals surface area (Å²) in [6, 6.07) is 9.07. The van der Waals surface area contributed by atoms with Crippen LogP contribution in [0.2, 0.25) is 5.02 Å². The van der Waals surface area contributed by atoms with E-state index in [1.165, 1.54) is 0 Å². The fourth-order valence-electron chi connectivity index (χ4n) is 0.906. The van der Waals surface area contributed by atoms with E-state index in [0.717, 1.165) is 5.56 Å². The van der Waals surface area contributed by atoms with Crippen molar-refractivity contribution in [1.29, 1.82) is 5.26 Å². The molecule has 3 heteroatoms. The highest BCUT2D eigenvalue weighted by Crippen LogP contribution is 2.16. The lowest BCUT2D eigenvalue weighted by molar-refractivity contribution is 1.39. The van der Waals surface area contributed by atoms with E-state index in [1.807, 2.05) is 6.07 Å². The van der Waals surface area contributed by atoms with Crippen LogP contribution in [0.3, 0.4) is 0 Å². The molecule has 0 bridgehead atoms. The van der Waals surface area contributed by atoms with E-state index in [9.17, 15) is 0 Å². The molecule has 0 atom stereocenters. The Balaban J connectivity index is 3.12. The summed E-state index contributed by atoms with van der Waals surface area (Å²) in [4.78, 5) is 0. The largest absolute Gasteiger partial charge is 0.397 e. The molecule has 1 aromatic rings. The predicted molar refractivity (Wildman–Crippen MR) is 53.8 cm³/mol. The van der Waals surface area contributed by atoms with E-state index in [2.05, 4.69) is 0 Å². The molecule has 2 nitrogen and oxygen atoms in total. The Morgan fingerprint density at radius 2 is 1.92 bits per heavy atom. The van der Waals surface area contributed by atoms with Crippen molar-refractivity contribution in [3.05, 3.63) is 40.4 Å². The van der Waals surface area contributed by atoms with Gasteiger partial charge in [-0.2, -0.15) is 5.26 Å². The number of hydrogen-bond donors (Lipinski definition) is 1. The average molecular weight is 193 g/mol. The molecule has 0 aliphatic heterocycles. The Kier molecular flexibility index (Phi) is 2.94. The molecule has 0 fully saturated rings. The van der Waals surface area contributed by atoms with Gasteiger partial charge in [-0.3, -0.25) is 0 Å². The smallest absolute Gasteiger partial charge is 0.0965 e. The van der Waals surface area contributed by atoms with Crippen molar-refractivity contribution in [1.82, 2.24) is 0 Å². The minimum atomic E-state index is 0.499. The van der Waals surface area contributed by atoms with Crippen LogP contribution in [0.5, 0.6) is 0 Å². The number of nitriles is 1. The molecule has 1 rings (SSSR count). The molecule has 0 aliphatic carbocycles. The lowest BCUT2D eigenvalue weighted by Gasteiger charge is -2.01. The average Bonchev–Trinajstić information content (AvgIpc) is 2.17. The molecule has 0 aliphatic rings. The first-order chi connectivity index (χ1) is 6.15. The highest BCUT2D eigenvalue weighted by molar-refractivity contribution is 6.30. The molecule has 0 saturated carbocycles. The molecule has 13 heavy (non-hydrogen) atoms. The predicted octanol–water partition coefficient (Wildman–Crippen LogP) is 2.55. The van der Waals surface area contributed by atoms with E-state index in [1.54, 1.807) is 31.2 Å². The summed E-state index contributed by atoms with van der Waals surface area (Å²) < 4.78 is 0. The van der Waals surface area contributed by atoms with Crippen molar-refractivity contribution in [2.45, 2.75) is 6.92 Å². The lowest BCUT2D eigenvalue weighted by atomic mass is 10.1. The number of halogens is 1. The van der Waals surface area contributed by atoms with Crippen LogP contribution < -0.4 is 5.73 Å². The van der Waals surface area contributed by atoms with Gasteiger partial charge in [0.05, 0.1) is 11.8 Å². The zero-order chi connectivity index (χ0) is 9.84. The van der Waals surface area contributed by atoms with Gasteiger partial charge in [0, 0.05) is 10.6 Å². The van der Waals surface area contributed by atoms with Gasteiger partial charge in [-0.1, -0.05) is 23.7 Å². The number of benzene rings is 1. The molecule has 0 heterocycles. The van der Waals surface area contributed by atoms with Crippen LogP contribution >= 0.6 is 11.6 Å². The van der Waals surface area contributed by atoms with Crippen molar-refractivity contribution in [3.63, 3.8) is 0 Å². The highest BCUT2D eigenvalue weighted by atomic mass is 35.5. The fraction of sp³-hybridized carbons (Fsp3) is 0.100. The molecular weight excluding hydrogens is 184 g/mol. The van der Waals surface area contributed by atoms with Crippen LogP contribution in [0.25, 0.3) is 5.70 Å². The van der Waals surface area contributed by atoms with Gasteiger partial charge >= 0.3 is 0 Å². The van der Waals surface area contributed by atoms with Gasteiger partial charge in [0.1, 0.15) is 0 Å². The lowest BCUT2D eigenvalue weighted by Crippen LogP contribution is -1.98. The van der Waals surface area contributed by atoms with E-state index in [4.69, 9.17) is 22.6 Å². The van der Waals surface area contributed by atoms with Crippen LogP contribution in [0.4, 0.5) is 0 Å². The third-order valence-corrected chi connectivity index (χ3v) is 1.98. The molecule has 66 valence electrons. The maximum Gasteiger partial charge on any atom is 0.0965 e. The number of allylic oxidation sites excluding steroid dienone is 1. The Hall–Kier alpha value is -1.46. The third-order valence-electron chi connectivity index (χ3n) is 1.73. The van der Waals surface area contributed by atoms with Crippen molar-refractivity contribution in [2.24, 2.45) is 5.73 Å². The Labute approximate surface area is 82.2 Å². The number of hydrogen-bond acceptors (Lipinski definition) is 2. The van der Waals surface area contributed by atoms with E-state index in [0.29, 0.717) is 16.3 Å². The number of rotatable bonds is 1. The normalized spacial score (nSPS) is 11.8. The molecule has 0 spiro atoms. The minimum absolute atomic E-state index is 0.499. The first-order valence-electron chi connectivity index (χ1n) is 3.77. The number of nitrogens with two attached hydrogens (primary N) is 1. The van der Waals surface area contributed by atoms with Crippen LogP contribution in [-0.4, -0.2) is 0 Å². The molecule has 2 N–H and O–H groups in total. The summed E-state index contributed by atoms with van der Waals surface area (Å²) in [5.74, 6) is 0. The Bertz CT molecular complexity index is 371. The van der Waals surface area contributed by atoms with Crippen LogP contribution in [0.1, 0.15) is 12.5 Å². The van der Waals surface area contributed by atoms with Crippen LogP contribution in [0, 0.1) is 11.3 Å². The zero-order valence-corrected chi connectivity index (χ0v) is 7.97. The van der Waals surface area contributed by atoms with E-state index in [-0.39, 0.29) is 0 Å². The van der Waals surface area contributed by atoms with Crippen molar-refractivity contribution in [3.8, 4) is 6.07 Å². The highest BCUT2D eigenvalue weighted by Gasteiger charge is 1.99. The molecule has 0 amide bonds. The summed E-state index contributed by atoms with van der Waals surface area (Å²) in [7, 11) is 0. The van der Waals surface area contributed by atoms with Crippen LogP contribution in [0.15, 0.2) is 29.8 Å². The molecule has 1 aromatic carbocycles. The van der Waals surface area contributed by atoms with Crippen LogP contribution in [-0.2, 0) is 0 Å². The first kappa shape index (κ1) is 9.63. The second kappa shape index (κ2) is 3.97. The first-order valence-corrected chi connectivity index (χ1v) is 4.15. The molecule has 0 radical (unpaired) electrons. The maximum absolute atomic E-state index is 8.61. The van der Waals surface area contributed by atoms with Gasteiger partial charge < -0.3 is 5.73 Å². The minimum Gasteiger partial charge on any atom is -0.397 e. The summed E-state index contributed by atoms with van der Waals surface area (Å²) in [6.07, 6.45) is 0. The summed E-state index contributed by atoms with van der Waals surface area (Å²) in [5, 5.41) is 9.27. The summed E-state index contributed by atoms with van der Waals surface area (Å²) in [6.45, 7) is 1.68. The monoisotopic (exact) mass is 192 g/mol. The second-order valence-corrected chi connectivity index (χ2v) is 3.09. The van der Waals surface area contributed by atoms with E-state index >= 15 is 0 Å². The molecular formula is C10H9ClN2. The summed E-state index contributed by atoms with van der Waals surface area (Å²) in [5.41, 5.74) is 7.55. The van der Waals surface area contributed by atoms with E-state index < -0.39 is 0 Å². The van der Waals surface area contributed by atoms with Gasteiger partial charge in [-0.05, 0) is 24.6 Å². The zero-order valence-electron chi connectivity index (χ0n) is 7.21. The van der Waals surface area contributed by atoms with Gasteiger partial charge in [-0.25, -0.2) is 0 Å². The number of nitrogens with zero attached hydrogens (tertiary/aromatic N) is 1. The quantitative estimate of drug-likeness (QED) is 0.696.